The maximum atomic E-state index is 5.61. The van der Waals surface area contributed by atoms with Crippen molar-refractivity contribution in [2.24, 2.45) is 0 Å². The number of hydrogen-bond acceptors (Lipinski definition) is 10. The number of benzene rings is 8. The van der Waals surface area contributed by atoms with Gasteiger partial charge in [-0.3, -0.25) is 0 Å². The summed E-state index contributed by atoms with van der Waals surface area (Å²) in [6, 6.07) is 57.6. The summed E-state index contributed by atoms with van der Waals surface area (Å²) in [5.74, 6) is 15.1. The van der Waals surface area contributed by atoms with Gasteiger partial charge in [0.1, 0.15) is 11.5 Å². The van der Waals surface area contributed by atoms with Gasteiger partial charge < -0.3 is 24.2 Å². The van der Waals surface area contributed by atoms with Gasteiger partial charge >= 0.3 is 0 Å². The van der Waals surface area contributed by atoms with Gasteiger partial charge in [0.2, 0.25) is 0 Å². The van der Waals surface area contributed by atoms with Gasteiger partial charge in [-0.25, -0.2) is 0 Å². The Labute approximate surface area is 522 Å². The Bertz CT molecular complexity index is 3610. The first-order chi connectivity index (χ1) is 41.1. The lowest BCUT2D eigenvalue weighted by Gasteiger charge is -2.34. The Morgan fingerprint density at radius 2 is 0.595 bits per heavy atom. The Morgan fingerprint density at radius 1 is 0.333 bits per heavy atom. The summed E-state index contributed by atoms with van der Waals surface area (Å²) in [6.07, 6.45) is 14.5. The molecule has 0 atom stereocenters. The number of rotatable bonds is 19. The Hall–Kier alpha value is -6.89. The summed E-state index contributed by atoms with van der Waals surface area (Å²) in [7, 11) is 0. The van der Waals surface area contributed by atoms with E-state index in [0.29, 0.717) is 10.1 Å². The summed E-state index contributed by atoms with van der Waals surface area (Å²) in [6.45, 7) is 13.3. The molecule has 11 rings (SSSR count). The monoisotopic (exact) mass is 1190 g/mol. The van der Waals surface area contributed by atoms with Crippen LogP contribution in [0, 0.1) is 23.7 Å². The van der Waals surface area contributed by atoms with E-state index in [0.717, 1.165) is 72.6 Å². The van der Waals surface area contributed by atoms with Crippen LogP contribution in [0.3, 0.4) is 0 Å². The molecule has 424 valence electrons. The Balaban J connectivity index is 0.879. The van der Waals surface area contributed by atoms with Gasteiger partial charge in [0.15, 0.2) is 10.1 Å². The van der Waals surface area contributed by atoms with E-state index in [4.69, 9.17) is 33.9 Å². The largest absolute Gasteiger partial charge is 0.451 e. The third-order valence-corrected chi connectivity index (χ3v) is 18.9. The molecule has 8 aromatic carbocycles. The zero-order valence-electron chi connectivity index (χ0n) is 48.8. The number of thiocarbonyl (C=S) groups is 2. The summed E-state index contributed by atoms with van der Waals surface area (Å²) in [5.41, 5.74) is 16.4. The lowest BCUT2D eigenvalue weighted by atomic mass is 10.0. The van der Waals surface area contributed by atoms with Crippen molar-refractivity contribution in [2.45, 2.75) is 141 Å². The molecule has 0 spiro atoms. The molecule has 3 heterocycles. The van der Waals surface area contributed by atoms with Crippen molar-refractivity contribution in [1.29, 1.82) is 0 Å². The number of nitrogens with zero attached hydrogens (tertiary/aromatic N) is 3. The fourth-order valence-corrected chi connectivity index (χ4v) is 14.9. The predicted molar refractivity (Wildman–Crippen MR) is 365 cm³/mol. The summed E-state index contributed by atoms with van der Waals surface area (Å²) < 4.78 is 11.2. The van der Waals surface area contributed by atoms with Crippen molar-refractivity contribution in [2.75, 3.05) is 34.3 Å². The van der Waals surface area contributed by atoms with Crippen molar-refractivity contribution < 1.29 is 9.47 Å². The highest BCUT2D eigenvalue weighted by Gasteiger charge is 2.29. The van der Waals surface area contributed by atoms with E-state index in [-0.39, 0.29) is 0 Å². The molecule has 84 heavy (non-hydrogen) atoms. The van der Waals surface area contributed by atoms with Crippen LogP contribution in [0.1, 0.15) is 134 Å². The van der Waals surface area contributed by atoms with E-state index in [1.165, 1.54) is 144 Å². The van der Waals surface area contributed by atoms with E-state index >= 15 is 0 Å². The van der Waals surface area contributed by atoms with Crippen LogP contribution in [0.2, 0.25) is 0 Å². The molecule has 0 aliphatic carbocycles. The molecule has 0 amide bonds. The molecule has 0 bridgehead atoms. The minimum Gasteiger partial charge on any atom is -0.451 e. The van der Waals surface area contributed by atoms with E-state index in [1.807, 2.05) is 83.8 Å². The molecule has 8 aromatic rings. The quantitative estimate of drug-likeness (QED) is 0.0443. The van der Waals surface area contributed by atoms with Gasteiger partial charge in [0, 0.05) is 85.1 Å². The highest BCUT2D eigenvalue weighted by atomic mass is 32.2. The van der Waals surface area contributed by atoms with Crippen LogP contribution in [0.5, 0.6) is 11.5 Å². The topological polar surface area (TPSA) is 28.2 Å². The van der Waals surface area contributed by atoms with Crippen LogP contribution in [-0.2, 0) is 0 Å². The van der Waals surface area contributed by atoms with Gasteiger partial charge in [-0.1, -0.05) is 162 Å². The fraction of sp³-hybridized carbons (Fsp3) is 0.270. The molecular weight excluding hydrogens is 1120 g/mol. The second-order valence-electron chi connectivity index (χ2n) is 21.8. The normalized spacial score (nSPS) is 12.5. The molecule has 0 fully saturated rings. The summed E-state index contributed by atoms with van der Waals surface area (Å²) >= 11 is 15.9. The zero-order chi connectivity index (χ0) is 57.9. The highest BCUT2D eigenvalue weighted by Crippen LogP contribution is 2.54. The third kappa shape index (κ3) is 14.1. The fourth-order valence-electron chi connectivity index (χ4n) is 11.2. The molecule has 5 nitrogen and oxygen atoms in total. The van der Waals surface area contributed by atoms with Gasteiger partial charge in [0.05, 0.1) is 34.1 Å². The van der Waals surface area contributed by atoms with E-state index < -0.39 is 0 Å². The maximum absolute atomic E-state index is 5.61. The van der Waals surface area contributed by atoms with Gasteiger partial charge in [0.25, 0.3) is 0 Å². The smallest absolute Gasteiger partial charge is 0.164 e. The summed E-state index contributed by atoms with van der Waals surface area (Å²) in [4.78, 5) is 15.3. The number of hydrogen-bond donors (Lipinski definition) is 0. The second kappa shape index (κ2) is 27.9. The number of unbranched alkanes of at least 4 members (excludes halogenated alkanes) is 9. The average molecular weight is 1190 g/mol. The van der Waals surface area contributed by atoms with Crippen LogP contribution >= 0.6 is 59.7 Å². The van der Waals surface area contributed by atoms with Crippen molar-refractivity contribution in [1.82, 2.24) is 0 Å². The minimum absolute atomic E-state index is 0.497. The van der Waals surface area contributed by atoms with E-state index in [9.17, 15) is 0 Å². The van der Waals surface area contributed by atoms with Crippen LogP contribution in [0.25, 0.3) is 22.3 Å². The van der Waals surface area contributed by atoms with Crippen LogP contribution in [0.4, 0.5) is 34.1 Å². The lowest BCUT2D eigenvalue weighted by molar-refractivity contribution is 0.561. The first-order valence-electron chi connectivity index (χ1n) is 29.9. The van der Waals surface area contributed by atoms with Gasteiger partial charge in [-0.15, -0.1) is 0 Å². The predicted octanol–water partition coefficient (Wildman–Crippen LogP) is 21.8. The number of fused-ring (bicyclic) bond motifs is 6. The zero-order valence-corrected chi connectivity index (χ0v) is 52.9. The standard InChI is InChI=1S/C74H71N3O2S5/c1-6-9-12-15-42-75-63-36-26-55(20-18-53-22-32-61(33-23-53)78-51(4)80)45-69(63)82-71-47-57(28-38-65(71)75)59-30-40-67-73(49-59)84-74-50-60(31-41-68(74)77(67)44-17-14-11-8-3)58-29-39-66-72(48-58)83-70-46-56(27-37-64(70)76(66)43-16-13-10-7-2)21-19-54-24-34-62(35-25-54)79-52(5)81/h22-41,45-50H,6-17,42-44H2,1-5H3. The lowest BCUT2D eigenvalue weighted by Crippen LogP contribution is -2.22. The Morgan fingerprint density at radius 3 is 0.881 bits per heavy atom. The second-order valence-corrected chi connectivity index (χ2v) is 26.2. The molecule has 0 saturated carbocycles. The summed E-state index contributed by atoms with van der Waals surface area (Å²) in [5, 5.41) is 0.995. The van der Waals surface area contributed by atoms with Crippen LogP contribution < -0.4 is 24.2 Å². The Kier molecular flexibility index (Phi) is 19.5. The average Bonchev–Trinajstić information content (AvgIpc) is 1.45. The van der Waals surface area contributed by atoms with Crippen LogP contribution in [0.15, 0.2) is 187 Å². The van der Waals surface area contributed by atoms with E-state index in [2.05, 4.69) is 168 Å². The molecule has 0 N–H and O–H groups in total. The van der Waals surface area contributed by atoms with Crippen molar-refractivity contribution >= 4 is 104 Å². The van der Waals surface area contributed by atoms with Crippen molar-refractivity contribution in [3.8, 4) is 57.4 Å². The molecular formula is C74H71N3O2S5. The first kappa shape index (κ1) is 58.9. The first-order valence-corrected chi connectivity index (χ1v) is 33.2. The molecule has 0 unspecified atom stereocenters. The van der Waals surface area contributed by atoms with Gasteiger partial charge in [-0.05, 0) is 199 Å². The van der Waals surface area contributed by atoms with Crippen molar-refractivity contribution in [3.05, 3.63) is 180 Å². The number of ether oxygens (including phenoxy) is 2. The number of anilines is 6. The third-order valence-electron chi connectivity index (χ3n) is 15.5. The molecule has 3 aliphatic rings. The molecule has 0 aromatic heterocycles. The van der Waals surface area contributed by atoms with Crippen molar-refractivity contribution in [3.63, 3.8) is 0 Å². The molecule has 3 aliphatic heterocycles. The van der Waals surface area contributed by atoms with Gasteiger partial charge in [-0.2, -0.15) is 0 Å². The highest BCUT2D eigenvalue weighted by molar-refractivity contribution is 8.00. The maximum Gasteiger partial charge on any atom is 0.164 e. The minimum atomic E-state index is 0.497. The molecule has 0 radical (unpaired) electrons. The SMILES string of the molecule is CCCCCCN1c2ccc(C#Cc3ccc(OC(C)=S)cc3)cc2Sc2cc(-c3ccc4c(c3)Sc3cc(-c5ccc6c(c5)Sc5cc(C#Cc7ccc(OC(C)=S)cc7)ccc5N6CCCCCC)ccc3N4CCCCCC)ccc21. The molecule has 10 heteroatoms. The van der Waals surface area contributed by atoms with E-state index in [1.54, 1.807) is 13.8 Å². The van der Waals surface area contributed by atoms with Crippen LogP contribution in [-0.4, -0.2) is 29.7 Å². The molecule has 0 saturated heterocycles.